The van der Waals surface area contributed by atoms with Gasteiger partial charge in [0.15, 0.2) is 0 Å². The zero-order chi connectivity index (χ0) is 23.7. The molecule has 32 heavy (non-hydrogen) atoms. The number of H-pyrrole nitrogens is 1. The minimum Gasteiger partial charge on any atom is -0.327 e. The fourth-order valence-corrected chi connectivity index (χ4v) is 3.86. The summed E-state index contributed by atoms with van der Waals surface area (Å²) in [4.78, 5) is 26.2. The Hall–Kier alpha value is -3.60. The molecule has 0 aliphatic rings. The fourth-order valence-electron chi connectivity index (χ4n) is 2.78. The Balaban J connectivity index is 1.91. The van der Waals surface area contributed by atoms with Gasteiger partial charge in [0.1, 0.15) is 5.69 Å². The fraction of sp³-hybridized carbons (Fsp3) is 0.143. The van der Waals surface area contributed by atoms with Crippen LogP contribution in [0.15, 0.2) is 64.4 Å². The summed E-state index contributed by atoms with van der Waals surface area (Å²) in [5, 5.41) is 2.12. The summed E-state index contributed by atoms with van der Waals surface area (Å²) in [5.41, 5.74) is -1.20. The van der Waals surface area contributed by atoms with E-state index in [4.69, 9.17) is 0 Å². The van der Waals surface area contributed by atoms with E-state index in [1.165, 1.54) is 19.1 Å². The lowest BCUT2D eigenvalue weighted by Crippen LogP contribution is -2.22. The third-order valence-electron chi connectivity index (χ3n) is 4.55. The van der Waals surface area contributed by atoms with Gasteiger partial charge < -0.3 is 10.3 Å². The molecular weight excluding hydrogens is 447 g/mol. The number of hydrogen-bond donors (Lipinski definition) is 3. The quantitative estimate of drug-likeness (QED) is 0.528. The number of hydrogen-bond acceptors (Lipinski definition) is 4. The number of amides is 1. The molecule has 0 spiro atoms. The van der Waals surface area contributed by atoms with Crippen LogP contribution in [-0.4, -0.2) is 19.3 Å². The van der Waals surface area contributed by atoms with E-state index in [-0.39, 0.29) is 10.5 Å². The molecule has 0 unspecified atom stereocenters. The number of halogens is 3. The second-order valence-corrected chi connectivity index (χ2v) is 8.71. The normalized spacial score (nSPS) is 11.8. The summed E-state index contributed by atoms with van der Waals surface area (Å²) in [6.07, 6.45) is -4.23. The zero-order valence-electron chi connectivity index (χ0n) is 16.9. The lowest BCUT2D eigenvalue weighted by atomic mass is 10.1. The van der Waals surface area contributed by atoms with Crippen molar-refractivity contribution in [3.05, 3.63) is 87.3 Å². The number of pyridine rings is 1. The number of anilines is 2. The second kappa shape index (κ2) is 8.50. The Morgan fingerprint density at radius 3 is 2.28 bits per heavy atom. The highest BCUT2D eigenvalue weighted by Gasteiger charge is 2.31. The van der Waals surface area contributed by atoms with Crippen LogP contribution in [0.3, 0.4) is 0 Å². The van der Waals surface area contributed by atoms with E-state index in [0.29, 0.717) is 23.5 Å². The van der Waals surface area contributed by atoms with Gasteiger partial charge in [-0.3, -0.25) is 14.3 Å². The van der Waals surface area contributed by atoms with Gasteiger partial charge in [0, 0.05) is 17.4 Å². The molecule has 7 nitrogen and oxygen atoms in total. The predicted molar refractivity (Wildman–Crippen MR) is 113 cm³/mol. The van der Waals surface area contributed by atoms with Crippen molar-refractivity contribution in [2.45, 2.75) is 24.9 Å². The maximum atomic E-state index is 12.9. The molecule has 0 radical (unpaired) electrons. The summed E-state index contributed by atoms with van der Waals surface area (Å²) < 4.78 is 66.5. The molecule has 0 saturated heterocycles. The highest BCUT2D eigenvalue weighted by Crippen LogP contribution is 2.29. The van der Waals surface area contributed by atoms with Gasteiger partial charge in [-0.15, -0.1) is 0 Å². The van der Waals surface area contributed by atoms with Crippen LogP contribution in [0.2, 0.25) is 0 Å². The van der Waals surface area contributed by atoms with Crippen molar-refractivity contribution in [1.82, 2.24) is 4.98 Å². The molecule has 1 heterocycles. The van der Waals surface area contributed by atoms with Crippen molar-refractivity contribution >= 4 is 27.3 Å². The average Bonchev–Trinajstić information content (AvgIpc) is 2.70. The Kier molecular flexibility index (Phi) is 6.13. The van der Waals surface area contributed by atoms with Crippen LogP contribution >= 0.6 is 0 Å². The highest BCUT2D eigenvalue weighted by molar-refractivity contribution is 7.92. The predicted octanol–water partition coefficient (Wildman–Crippen LogP) is 4.06. The Morgan fingerprint density at radius 2 is 1.66 bits per heavy atom. The van der Waals surface area contributed by atoms with Crippen molar-refractivity contribution in [1.29, 1.82) is 0 Å². The first-order valence-electron chi connectivity index (χ1n) is 9.18. The van der Waals surface area contributed by atoms with Gasteiger partial charge >= 0.3 is 6.18 Å². The third kappa shape index (κ3) is 5.17. The van der Waals surface area contributed by atoms with E-state index < -0.39 is 38.9 Å². The largest absolute Gasteiger partial charge is 0.417 e. The number of aromatic nitrogens is 1. The number of aromatic amines is 1. The van der Waals surface area contributed by atoms with Gasteiger partial charge in [-0.2, -0.15) is 13.2 Å². The minimum atomic E-state index is -4.73. The van der Waals surface area contributed by atoms with Crippen LogP contribution in [0.4, 0.5) is 24.5 Å². The topological polar surface area (TPSA) is 108 Å². The number of sulfonamides is 1. The number of alkyl halides is 3. The summed E-state index contributed by atoms with van der Waals surface area (Å²) in [5.74, 6) is -0.931. The van der Waals surface area contributed by atoms with E-state index in [1.807, 2.05) is 11.9 Å². The molecule has 0 aliphatic carbocycles. The molecule has 3 N–H and O–H groups in total. The summed E-state index contributed by atoms with van der Waals surface area (Å²) in [7, 11) is -4.05. The summed E-state index contributed by atoms with van der Waals surface area (Å²) in [6.45, 7) is 3.37. The molecule has 3 rings (SSSR count). The number of benzene rings is 2. The molecule has 2 aromatic carbocycles. The molecule has 0 aliphatic heterocycles. The first-order chi connectivity index (χ1) is 14.9. The van der Waals surface area contributed by atoms with Crippen molar-refractivity contribution in [3.8, 4) is 0 Å². The lowest BCUT2D eigenvalue weighted by Gasteiger charge is -2.12. The molecule has 1 aromatic heterocycles. The smallest absolute Gasteiger partial charge is 0.327 e. The highest BCUT2D eigenvalue weighted by atomic mass is 32.2. The number of carbonyl (C=O) groups excluding carboxylic acids is 1. The monoisotopic (exact) mass is 465 g/mol. The number of nitrogens with one attached hydrogen (secondary N) is 3. The third-order valence-corrected chi connectivity index (χ3v) is 5.93. The van der Waals surface area contributed by atoms with Crippen molar-refractivity contribution in [3.63, 3.8) is 0 Å². The Bertz CT molecular complexity index is 1330. The van der Waals surface area contributed by atoms with Crippen molar-refractivity contribution < 1.29 is 26.4 Å². The van der Waals surface area contributed by atoms with Gasteiger partial charge in [-0.05, 0) is 49.7 Å². The van der Waals surface area contributed by atoms with E-state index in [0.717, 1.165) is 11.6 Å². The molecule has 0 bridgehead atoms. The number of aryl methyl sites for hydroxylation is 2. The molecular formula is C21H18F3N3O4S. The standard InChI is InChI=1S/C21H18F3N3O4S/c1-12-3-6-15(7-4-12)27-32(30,31)16-8-5-13(2)17(10-16)19(28)26-18-9-14(21(22,23)24)11-25-20(18)29/h3-11,27H,1-2H3,(H,25,29)(H,26,28). The Morgan fingerprint density at radius 1 is 1.00 bits per heavy atom. The van der Waals surface area contributed by atoms with Crippen molar-refractivity contribution in [2.24, 2.45) is 0 Å². The van der Waals surface area contributed by atoms with E-state index >= 15 is 0 Å². The molecule has 0 atom stereocenters. The van der Waals surface area contributed by atoms with Crippen LogP contribution in [0.1, 0.15) is 27.0 Å². The maximum Gasteiger partial charge on any atom is 0.417 e. The SMILES string of the molecule is Cc1ccc(NS(=O)(=O)c2ccc(C)c(C(=O)Nc3cc(C(F)(F)F)c[nH]c3=O)c2)cc1. The zero-order valence-corrected chi connectivity index (χ0v) is 17.7. The van der Waals surface area contributed by atoms with Crippen LogP contribution < -0.4 is 15.6 Å². The van der Waals surface area contributed by atoms with Crippen LogP contribution in [0, 0.1) is 13.8 Å². The Labute approximate surface area is 181 Å². The van der Waals surface area contributed by atoms with E-state index in [2.05, 4.69) is 10.0 Å². The average molecular weight is 465 g/mol. The van der Waals surface area contributed by atoms with Gasteiger partial charge in [0.25, 0.3) is 21.5 Å². The molecule has 3 aromatic rings. The van der Waals surface area contributed by atoms with Gasteiger partial charge in [-0.1, -0.05) is 23.8 Å². The van der Waals surface area contributed by atoms with E-state index in [9.17, 15) is 31.2 Å². The van der Waals surface area contributed by atoms with Gasteiger partial charge in [0.2, 0.25) is 0 Å². The van der Waals surface area contributed by atoms with Crippen LogP contribution in [0.5, 0.6) is 0 Å². The van der Waals surface area contributed by atoms with Crippen LogP contribution in [-0.2, 0) is 16.2 Å². The first kappa shape index (κ1) is 23.1. The lowest BCUT2D eigenvalue weighted by molar-refractivity contribution is -0.137. The number of rotatable bonds is 5. The molecule has 0 fully saturated rings. The van der Waals surface area contributed by atoms with Gasteiger partial charge in [-0.25, -0.2) is 8.42 Å². The van der Waals surface area contributed by atoms with E-state index in [1.54, 1.807) is 24.3 Å². The summed E-state index contributed by atoms with van der Waals surface area (Å²) in [6, 6.07) is 10.9. The first-order valence-corrected chi connectivity index (χ1v) is 10.7. The summed E-state index contributed by atoms with van der Waals surface area (Å²) >= 11 is 0. The molecule has 168 valence electrons. The van der Waals surface area contributed by atoms with Crippen LogP contribution in [0.25, 0.3) is 0 Å². The second-order valence-electron chi connectivity index (χ2n) is 7.03. The number of carbonyl (C=O) groups is 1. The minimum absolute atomic E-state index is 0.117. The van der Waals surface area contributed by atoms with Crippen molar-refractivity contribution in [2.75, 3.05) is 10.0 Å². The maximum absolute atomic E-state index is 12.9. The molecule has 11 heteroatoms. The van der Waals surface area contributed by atoms with Gasteiger partial charge in [0.05, 0.1) is 10.5 Å². The molecule has 1 amide bonds. The molecule has 0 saturated carbocycles.